The quantitative estimate of drug-likeness (QED) is 0.866. The van der Waals surface area contributed by atoms with Crippen LogP contribution in [0.4, 0.5) is 0 Å². The predicted molar refractivity (Wildman–Crippen MR) is 83.7 cm³/mol. The van der Waals surface area contributed by atoms with Crippen molar-refractivity contribution in [2.45, 2.75) is 69.8 Å². The maximum absolute atomic E-state index is 5.86. The fourth-order valence-corrected chi connectivity index (χ4v) is 3.92. The summed E-state index contributed by atoms with van der Waals surface area (Å²) in [6.07, 6.45) is 6.39. The summed E-state index contributed by atoms with van der Waals surface area (Å²) < 4.78 is 5.42. The van der Waals surface area contributed by atoms with Crippen LogP contribution in [0.15, 0.2) is 4.52 Å². The molecule has 1 saturated carbocycles. The van der Waals surface area contributed by atoms with Crippen LogP contribution in [0.25, 0.3) is 0 Å². The van der Waals surface area contributed by atoms with Gasteiger partial charge in [-0.25, -0.2) is 0 Å². The second-order valence-electron chi connectivity index (χ2n) is 6.96. The minimum absolute atomic E-state index is 0.174. The van der Waals surface area contributed by atoms with Crippen molar-refractivity contribution in [1.29, 1.82) is 0 Å². The van der Waals surface area contributed by atoms with Gasteiger partial charge in [-0.15, -0.1) is 0 Å². The molecule has 2 rings (SSSR count). The van der Waals surface area contributed by atoms with Gasteiger partial charge in [-0.2, -0.15) is 16.7 Å². The van der Waals surface area contributed by atoms with Gasteiger partial charge in [0.05, 0.1) is 11.7 Å². The number of hydrogen-bond donors (Lipinski definition) is 1. The summed E-state index contributed by atoms with van der Waals surface area (Å²) >= 11 is 1.97. The van der Waals surface area contributed by atoms with Gasteiger partial charge in [0.2, 0.25) is 5.89 Å². The lowest BCUT2D eigenvalue weighted by Crippen LogP contribution is -2.19. The van der Waals surface area contributed by atoms with E-state index in [-0.39, 0.29) is 11.3 Å². The molecule has 20 heavy (non-hydrogen) atoms. The van der Waals surface area contributed by atoms with Crippen LogP contribution in [-0.2, 0) is 5.75 Å². The maximum atomic E-state index is 5.86. The summed E-state index contributed by atoms with van der Waals surface area (Å²) in [6.45, 7) is 7.20. The molecule has 0 aromatic carbocycles. The van der Waals surface area contributed by atoms with E-state index in [1.165, 1.54) is 25.7 Å². The van der Waals surface area contributed by atoms with E-state index in [2.05, 4.69) is 30.9 Å². The molecule has 1 aliphatic rings. The average Bonchev–Trinajstić information content (AvgIpc) is 3.03. The zero-order chi connectivity index (χ0) is 14.6. The van der Waals surface area contributed by atoms with Gasteiger partial charge in [-0.1, -0.05) is 38.8 Å². The van der Waals surface area contributed by atoms with Crippen molar-refractivity contribution in [2.75, 3.05) is 6.54 Å². The van der Waals surface area contributed by atoms with Crippen LogP contribution in [0.2, 0.25) is 0 Å². The SMILES string of the molecule is CC(C)(C)CC(CN)c1nc(CSC2CCCC2)no1. The van der Waals surface area contributed by atoms with Crippen molar-refractivity contribution < 1.29 is 4.52 Å². The molecule has 0 radical (unpaired) electrons. The first kappa shape index (κ1) is 15.8. The van der Waals surface area contributed by atoms with Crippen LogP contribution in [0, 0.1) is 5.41 Å². The third kappa shape index (κ3) is 4.77. The van der Waals surface area contributed by atoms with Gasteiger partial charge >= 0.3 is 0 Å². The Morgan fingerprint density at radius 3 is 2.65 bits per heavy atom. The zero-order valence-corrected chi connectivity index (χ0v) is 13.7. The number of rotatable bonds is 6. The molecule has 0 amide bonds. The smallest absolute Gasteiger partial charge is 0.231 e. The first-order valence-corrected chi connectivity index (χ1v) is 8.67. The summed E-state index contributed by atoms with van der Waals surface area (Å²) in [7, 11) is 0. The summed E-state index contributed by atoms with van der Waals surface area (Å²) in [6, 6.07) is 0. The fourth-order valence-electron chi connectivity index (χ4n) is 2.75. The average molecular weight is 297 g/mol. The highest BCUT2D eigenvalue weighted by Gasteiger charge is 2.24. The van der Waals surface area contributed by atoms with E-state index >= 15 is 0 Å². The monoisotopic (exact) mass is 297 g/mol. The lowest BCUT2D eigenvalue weighted by molar-refractivity contribution is 0.286. The summed E-state index contributed by atoms with van der Waals surface area (Å²) in [5.74, 6) is 2.57. The number of aromatic nitrogens is 2. The van der Waals surface area contributed by atoms with Crippen LogP contribution in [-0.4, -0.2) is 21.9 Å². The number of nitrogens with zero attached hydrogens (tertiary/aromatic N) is 2. The maximum Gasteiger partial charge on any atom is 0.231 e. The molecule has 0 saturated heterocycles. The Morgan fingerprint density at radius 2 is 2.05 bits per heavy atom. The number of thioether (sulfide) groups is 1. The van der Waals surface area contributed by atoms with E-state index in [9.17, 15) is 0 Å². The van der Waals surface area contributed by atoms with Crippen molar-refractivity contribution in [2.24, 2.45) is 11.1 Å². The summed E-state index contributed by atoms with van der Waals surface area (Å²) in [5.41, 5.74) is 6.08. The Kier molecular flexibility index (Phi) is 5.49. The van der Waals surface area contributed by atoms with E-state index < -0.39 is 0 Å². The van der Waals surface area contributed by atoms with E-state index in [1.807, 2.05) is 11.8 Å². The third-order valence-corrected chi connectivity index (χ3v) is 5.09. The normalized spacial score (nSPS) is 18.6. The van der Waals surface area contributed by atoms with Gasteiger partial charge in [0, 0.05) is 11.8 Å². The standard InChI is InChI=1S/C15H27N3OS/c1-15(2,3)8-11(9-16)14-17-13(18-19-14)10-20-12-6-4-5-7-12/h11-12H,4-10,16H2,1-3H3. The molecule has 0 bridgehead atoms. The number of nitrogens with two attached hydrogens (primary N) is 1. The molecule has 1 atom stereocenters. The van der Waals surface area contributed by atoms with Gasteiger partial charge in [0.15, 0.2) is 5.82 Å². The Bertz CT molecular complexity index is 407. The van der Waals surface area contributed by atoms with Crippen molar-refractivity contribution in [3.8, 4) is 0 Å². The van der Waals surface area contributed by atoms with Gasteiger partial charge in [0.1, 0.15) is 0 Å². The highest BCUT2D eigenvalue weighted by atomic mass is 32.2. The van der Waals surface area contributed by atoms with Gasteiger partial charge in [0.25, 0.3) is 0 Å². The fraction of sp³-hybridized carbons (Fsp3) is 0.867. The predicted octanol–water partition coefficient (Wildman–Crippen LogP) is 3.72. The topological polar surface area (TPSA) is 64.9 Å². The first-order valence-electron chi connectivity index (χ1n) is 7.62. The molecule has 1 aromatic heterocycles. The summed E-state index contributed by atoms with van der Waals surface area (Å²) in [5, 5.41) is 4.90. The molecule has 1 fully saturated rings. The van der Waals surface area contributed by atoms with E-state index in [4.69, 9.17) is 10.3 Å². The van der Waals surface area contributed by atoms with Crippen LogP contribution in [0.5, 0.6) is 0 Å². The number of hydrogen-bond acceptors (Lipinski definition) is 5. The van der Waals surface area contributed by atoms with Crippen LogP contribution in [0.3, 0.4) is 0 Å². The van der Waals surface area contributed by atoms with Crippen molar-refractivity contribution in [1.82, 2.24) is 10.1 Å². The molecule has 114 valence electrons. The minimum atomic E-state index is 0.174. The van der Waals surface area contributed by atoms with Crippen LogP contribution in [0.1, 0.15) is 70.5 Å². The second-order valence-corrected chi connectivity index (χ2v) is 8.25. The zero-order valence-electron chi connectivity index (χ0n) is 12.9. The Hall–Kier alpha value is -0.550. The molecule has 1 heterocycles. The van der Waals surface area contributed by atoms with Gasteiger partial charge in [-0.3, -0.25) is 0 Å². The van der Waals surface area contributed by atoms with Crippen LogP contribution >= 0.6 is 11.8 Å². The second kappa shape index (κ2) is 6.94. The largest absolute Gasteiger partial charge is 0.339 e. The molecule has 1 aliphatic carbocycles. The lowest BCUT2D eigenvalue weighted by Gasteiger charge is -2.22. The Morgan fingerprint density at radius 1 is 1.35 bits per heavy atom. The van der Waals surface area contributed by atoms with Gasteiger partial charge in [-0.05, 0) is 24.7 Å². The molecule has 4 nitrogen and oxygen atoms in total. The molecule has 1 aromatic rings. The molecular weight excluding hydrogens is 270 g/mol. The Balaban J connectivity index is 1.89. The van der Waals surface area contributed by atoms with Crippen molar-refractivity contribution in [3.05, 3.63) is 11.7 Å². The van der Waals surface area contributed by atoms with Crippen molar-refractivity contribution in [3.63, 3.8) is 0 Å². The first-order chi connectivity index (χ1) is 9.48. The van der Waals surface area contributed by atoms with Crippen LogP contribution < -0.4 is 5.73 Å². The van der Waals surface area contributed by atoms with Crippen molar-refractivity contribution >= 4 is 11.8 Å². The molecule has 0 spiro atoms. The summed E-state index contributed by atoms with van der Waals surface area (Å²) in [4.78, 5) is 4.55. The molecule has 5 heteroatoms. The molecule has 1 unspecified atom stereocenters. The van der Waals surface area contributed by atoms with E-state index in [1.54, 1.807) is 0 Å². The molecular formula is C15H27N3OS. The highest BCUT2D eigenvalue weighted by Crippen LogP contribution is 2.32. The molecule has 0 aliphatic heterocycles. The van der Waals surface area contributed by atoms with E-state index in [0.717, 1.165) is 23.2 Å². The van der Waals surface area contributed by atoms with E-state index in [0.29, 0.717) is 12.4 Å². The third-order valence-electron chi connectivity index (χ3n) is 3.73. The molecule has 2 N–H and O–H groups in total. The highest BCUT2D eigenvalue weighted by molar-refractivity contribution is 7.99. The van der Waals surface area contributed by atoms with Gasteiger partial charge < -0.3 is 10.3 Å². The lowest BCUT2D eigenvalue weighted by atomic mass is 9.84. The minimum Gasteiger partial charge on any atom is -0.339 e. The Labute approximate surface area is 126 Å².